The van der Waals surface area contributed by atoms with E-state index < -0.39 is 41.9 Å². The minimum Gasteiger partial charge on any atom is -0.486 e. The van der Waals surface area contributed by atoms with Crippen LogP contribution in [-0.2, 0) is 11.0 Å². The van der Waals surface area contributed by atoms with Crippen molar-refractivity contribution >= 4 is 23.4 Å². The summed E-state index contributed by atoms with van der Waals surface area (Å²) in [7, 11) is 0. The van der Waals surface area contributed by atoms with Gasteiger partial charge in [0.05, 0.1) is 17.0 Å². The Kier molecular flexibility index (Phi) is 6.77. The first-order valence-electron chi connectivity index (χ1n) is 8.74. The Labute approximate surface area is 176 Å². The highest BCUT2D eigenvalue weighted by molar-refractivity contribution is 8.00. The molecule has 1 N–H and O–H groups in total. The van der Waals surface area contributed by atoms with E-state index >= 15 is 0 Å². The second-order valence-electron chi connectivity index (χ2n) is 6.25. The summed E-state index contributed by atoms with van der Waals surface area (Å²) in [4.78, 5) is 12.9. The summed E-state index contributed by atoms with van der Waals surface area (Å²) in [6.07, 6.45) is -9.44. The number of carbonyl (C=O) groups excluding carboxylic acids is 1. The molecular formula is C19H15F6NO4S. The first-order chi connectivity index (χ1) is 14.5. The summed E-state index contributed by atoms with van der Waals surface area (Å²) in [6.45, 7) is -0.928. The SMILES string of the molecule is O=C(CSc1ccc2c(c1)OCCO2)Nc1cc(C(F)(F)F)ccc1OCC(F)(F)F. The first kappa shape index (κ1) is 22.9. The fourth-order valence-electron chi connectivity index (χ4n) is 2.54. The van der Waals surface area contributed by atoms with Gasteiger partial charge in [0.1, 0.15) is 19.0 Å². The molecule has 0 radical (unpaired) electrons. The number of thioether (sulfide) groups is 1. The minimum absolute atomic E-state index is 0.214. The third-order valence-corrected chi connectivity index (χ3v) is 4.85. The molecule has 1 heterocycles. The van der Waals surface area contributed by atoms with Gasteiger partial charge in [-0.05, 0) is 36.4 Å². The molecule has 0 saturated heterocycles. The number of carbonyl (C=O) groups is 1. The Hall–Kier alpha value is -2.76. The summed E-state index contributed by atoms with van der Waals surface area (Å²) in [5, 5.41) is 2.18. The Morgan fingerprint density at radius 1 is 1.00 bits per heavy atom. The molecular weight excluding hydrogens is 452 g/mol. The maximum atomic E-state index is 13.0. The van der Waals surface area contributed by atoms with Crippen LogP contribution in [0.1, 0.15) is 5.56 Å². The fourth-order valence-corrected chi connectivity index (χ4v) is 3.26. The molecule has 168 valence electrons. The Morgan fingerprint density at radius 2 is 1.71 bits per heavy atom. The molecule has 0 bridgehead atoms. The number of anilines is 1. The zero-order valence-corrected chi connectivity index (χ0v) is 16.4. The van der Waals surface area contributed by atoms with E-state index in [2.05, 4.69) is 10.1 Å². The molecule has 0 aliphatic carbocycles. The van der Waals surface area contributed by atoms with Crippen molar-refractivity contribution in [2.45, 2.75) is 17.2 Å². The number of hydrogen-bond donors (Lipinski definition) is 1. The molecule has 0 atom stereocenters. The number of alkyl halides is 6. The average Bonchev–Trinajstić information content (AvgIpc) is 2.70. The van der Waals surface area contributed by atoms with Crippen LogP contribution in [0, 0.1) is 0 Å². The van der Waals surface area contributed by atoms with Crippen LogP contribution in [0.3, 0.4) is 0 Å². The average molecular weight is 467 g/mol. The van der Waals surface area contributed by atoms with E-state index in [-0.39, 0.29) is 5.75 Å². The molecule has 12 heteroatoms. The molecule has 0 fully saturated rings. The van der Waals surface area contributed by atoms with E-state index in [0.717, 1.165) is 17.8 Å². The van der Waals surface area contributed by atoms with Gasteiger partial charge in [0, 0.05) is 4.90 Å². The number of amides is 1. The Balaban J connectivity index is 1.69. The summed E-state index contributed by atoms with van der Waals surface area (Å²) < 4.78 is 91.5. The largest absolute Gasteiger partial charge is 0.486 e. The topological polar surface area (TPSA) is 56.8 Å². The van der Waals surface area contributed by atoms with E-state index in [1.807, 2.05) is 0 Å². The van der Waals surface area contributed by atoms with Crippen LogP contribution in [-0.4, -0.2) is 37.7 Å². The Bertz CT molecular complexity index is 948. The number of halogens is 6. The monoisotopic (exact) mass is 467 g/mol. The van der Waals surface area contributed by atoms with Crippen molar-refractivity contribution in [2.24, 2.45) is 0 Å². The van der Waals surface area contributed by atoms with Crippen molar-refractivity contribution in [3.8, 4) is 17.2 Å². The molecule has 3 rings (SSSR count). The highest BCUT2D eigenvalue weighted by Crippen LogP contribution is 2.37. The lowest BCUT2D eigenvalue weighted by Crippen LogP contribution is -2.21. The van der Waals surface area contributed by atoms with Crippen molar-refractivity contribution in [2.75, 3.05) is 30.9 Å². The third kappa shape index (κ3) is 6.61. The second kappa shape index (κ2) is 9.16. The van der Waals surface area contributed by atoms with E-state index in [9.17, 15) is 31.1 Å². The maximum Gasteiger partial charge on any atom is 0.422 e. The predicted octanol–water partition coefficient (Wildman–Crippen LogP) is 5.15. The lowest BCUT2D eigenvalue weighted by Gasteiger charge is -2.18. The number of nitrogens with one attached hydrogen (secondary N) is 1. The minimum atomic E-state index is -4.75. The van der Waals surface area contributed by atoms with Crippen molar-refractivity contribution < 1.29 is 45.3 Å². The van der Waals surface area contributed by atoms with Crippen molar-refractivity contribution in [3.05, 3.63) is 42.0 Å². The van der Waals surface area contributed by atoms with Crippen LogP contribution in [0.15, 0.2) is 41.3 Å². The highest BCUT2D eigenvalue weighted by Gasteiger charge is 2.33. The van der Waals surface area contributed by atoms with Gasteiger partial charge in [-0.1, -0.05) is 0 Å². The van der Waals surface area contributed by atoms with Crippen LogP contribution in [0.4, 0.5) is 32.0 Å². The predicted molar refractivity (Wildman–Crippen MR) is 99.8 cm³/mol. The normalized spacial score (nSPS) is 13.6. The van der Waals surface area contributed by atoms with Gasteiger partial charge in [-0.25, -0.2) is 0 Å². The zero-order chi connectivity index (χ0) is 22.6. The van der Waals surface area contributed by atoms with Gasteiger partial charge in [-0.3, -0.25) is 4.79 Å². The van der Waals surface area contributed by atoms with Crippen molar-refractivity contribution in [1.29, 1.82) is 0 Å². The highest BCUT2D eigenvalue weighted by atomic mass is 32.2. The van der Waals surface area contributed by atoms with Crippen molar-refractivity contribution in [1.82, 2.24) is 0 Å². The van der Waals surface area contributed by atoms with E-state index in [0.29, 0.717) is 41.7 Å². The molecule has 0 saturated carbocycles. The maximum absolute atomic E-state index is 13.0. The molecule has 0 aromatic heterocycles. The molecule has 1 amide bonds. The molecule has 5 nitrogen and oxygen atoms in total. The summed E-state index contributed by atoms with van der Waals surface area (Å²) in [5.41, 5.74) is -1.64. The van der Waals surface area contributed by atoms with E-state index in [1.54, 1.807) is 18.2 Å². The van der Waals surface area contributed by atoms with Gasteiger partial charge in [0.15, 0.2) is 18.1 Å². The van der Waals surface area contributed by atoms with Gasteiger partial charge in [-0.2, -0.15) is 26.3 Å². The lowest BCUT2D eigenvalue weighted by molar-refractivity contribution is -0.153. The molecule has 0 unspecified atom stereocenters. The van der Waals surface area contributed by atoms with Gasteiger partial charge in [0.25, 0.3) is 0 Å². The number of ether oxygens (including phenoxy) is 3. The quantitative estimate of drug-likeness (QED) is 0.471. The van der Waals surface area contributed by atoms with Gasteiger partial charge >= 0.3 is 12.4 Å². The van der Waals surface area contributed by atoms with Crippen LogP contribution < -0.4 is 19.5 Å². The van der Waals surface area contributed by atoms with Crippen LogP contribution in [0.5, 0.6) is 17.2 Å². The molecule has 2 aromatic carbocycles. The van der Waals surface area contributed by atoms with Crippen LogP contribution in [0.2, 0.25) is 0 Å². The Morgan fingerprint density at radius 3 is 2.39 bits per heavy atom. The van der Waals surface area contributed by atoms with E-state index in [1.165, 1.54) is 0 Å². The molecule has 1 aliphatic heterocycles. The summed E-state index contributed by atoms with van der Waals surface area (Å²) in [5.74, 6) is -0.416. The molecule has 31 heavy (non-hydrogen) atoms. The lowest BCUT2D eigenvalue weighted by atomic mass is 10.1. The molecule has 2 aromatic rings. The first-order valence-corrected chi connectivity index (χ1v) is 9.73. The molecule has 0 spiro atoms. The fraction of sp³-hybridized carbons (Fsp3) is 0.316. The van der Waals surface area contributed by atoms with Crippen molar-refractivity contribution in [3.63, 3.8) is 0 Å². The van der Waals surface area contributed by atoms with Gasteiger partial charge < -0.3 is 19.5 Å². The summed E-state index contributed by atoms with van der Waals surface area (Å²) in [6, 6.07) is 6.81. The number of hydrogen-bond acceptors (Lipinski definition) is 5. The standard InChI is InChI=1S/C19H15F6NO4S/c20-18(21,22)10-30-14-3-1-11(19(23,24)25)7-13(14)26-17(27)9-31-12-2-4-15-16(8-12)29-6-5-28-15/h1-4,7-8H,5-6,9-10H2,(H,26,27). The molecule has 1 aliphatic rings. The number of rotatable bonds is 6. The van der Waals surface area contributed by atoms with Gasteiger partial charge in [0.2, 0.25) is 5.91 Å². The van der Waals surface area contributed by atoms with Gasteiger partial charge in [-0.15, -0.1) is 11.8 Å². The van der Waals surface area contributed by atoms with Crippen LogP contribution in [0.25, 0.3) is 0 Å². The number of fused-ring (bicyclic) bond motifs is 1. The van der Waals surface area contributed by atoms with Crippen LogP contribution >= 0.6 is 11.8 Å². The smallest absolute Gasteiger partial charge is 0.422 e. The third-order valence-electron chi connectivity index (χ3n) is 3.86. The number of benzene rings is 2. The zero-order valence-electron chi connectivity index (χ0n) is 15.6. The van der Waals surface area contributed by atoms with E-state index in [4.69, 9.17) is 9.47 Å². The second-order valence-corrected chi connectivity index (χ2v) is 7.30. The summed E-state index contributed by atoms with van der Waals surface area (Å²) >= 11 is 1.06.